The number of nitro benzene ring substituents is 1. The van der Waals surface area contributed by atoms with E-state index in [1.165, 1.54) is 12.1 Å². The summed E-state index contributed by atoms with van der Waals surface area (Å²) in [6, 6.07) is 5.91. The number of carbonyl (C=O) groups is 1. The number of amides is 1. The average Bonchev–Trinajstić information content (AvgIpc) is 2.96. The summed E-state index contributed by atoms with van der Waals surface area (Å²) in [6.07, 6.45) is 1.64. The maximum absolute atomic E-state index is 12.4. The van der Waals surface area contributed by atoms with Gasteiger partial charge in [0.25, 0.3) is 11.6 Å². The third-order valence-electron chi connectivity index (χ3n) is 3.93. The van der Waals surface area contributed by atoms with Crippen molar-refractivity contribution >= 4 is 23.4 Å². The number of rotatable bonds is 2. The summed E-state index contributed by atoms with van der Waals surface area (Å²) in [4.78, 5) is 24.4. The molecule has 1 spiro atoms. The van der Waals surface area contributed by atoms with E-state index in [0.29, 0.717) is 18.7 Å². The molecule has 0 radical (unpaired) electrons. The van der Waals surface area contributed by atoms with Gasteiger partial charge in [0.05, 0.1) is 11.5 Å². The number of non-ortho nitro benzene ring substituents is 1. The highest BCUT2D eigenvalue weighted by atomic mass is 32.2. The Kier molecular flexibility index (Phi) is 3.86. The SMILES string of the molecule is O=C(c1cccc([N+](=O)[O-])c1)N1CCC2(CC1)OCCS2. The number of nitrogens with zero attached hydrogens (tertiary/aromatic N) is 2. The molecule has 0 aliphatic carbocycles. The van der Waals surface area contributed by atoms with Gasteiger partial charge < -0.3 is 9.64 Å². The number of nitro groups is 1. The number of piperidine rings is 1. The zero-order valence-electron chi connectivity index (χ0n) is 11.5. The number of ether oxygens (including phenoxy) is 1. The van der Waals surface area contributed by atoms with Crippen LogP contribution >= 0.6 is 11.8 Å². The molecule has 1 aromatic carbocycles. The van der Waals surface area contributed by atoms with Gasteiger partial charge in [-0.05, 0) is 6.07 Å². The Morgan fingerprint density at radius 2 is 2.14 bits per heavy atom. The average molecular weight is 308 g/mol. The van der Waals surface area contributed by atoms with Crippen LogP contribution in [0.4, 0.5) is 5.69 Å². The highest BCUT2D eigenvalue weighted by Gasteiger charge is 2.40. The van der Waals surface area contributed by atoms with E-state index in [2.05, 4.69) is 0 Å². The summed E-state index contributed by atoms with van der Waals surface area (Å²) in [5, 5.41) is 10.8. The molecule has 2 aliphatic heterocycles. The van der Waals surface area contributed by atoms with Crippen molar-refractivity contribution in [2.75, 3.05) is 25.4 Å². The molecule has 2 saturated heterocycles. The van der Waals surface area contributed by atoms with Crippen LogP contribution in [0.3, 0.4) is 0 Å². The first kappa shape index (κ1) is 14.3. The van der Waals surface area contributed by atoms with Gasteiger partial charge >= 0.3 is 0 Å². The van der Waals surface area contributed by atoms with Gasteiger partial charge in [-0.3, -0.25) is 14.9 Å². The third-order valence-corrected chi connectivity index (χ3v) is 5.35. The van der Waals surface area contributed by atoms with Crippen LogP contribution in [0.5, 0.6) is 0 Å². The van der Waals surface area contributed by atoms with Crippen molar-refractivity contribution in [3.63, 3.8) is 0 Å². The normalized spacial score (nSPS) is 20.7. The Labute approximate surface area is 126 Å². The van der Waals surface area contributed by atoms with Gasteiger partial charge in [-0.25, -0.2) is 0 Å². The molecule has 3 rings (SSSR count). The topological polar surface area (TPSA) is 72.7 Å². The van der Waals surface area contributed by atoms with E-state index >= 15 is 0 Å². The zero-order chi connectivity index (χ0) is 14.9. The molecule has 2 aliphatic rings. The standard InChI is InChI=1S/C14H16N2O4S/c17-13(11-2-1-3-12(10-11)16(18)19)15-6-4-14(5-7-15)20-8-9-21-14/h1-3,10H,4-9H2. The predicted octanol–water partition coefficient (Wildman–Crippen LogP) is 2.29. The van der Waals surface area contributed by atoms with E-state index in [-0.39, 0.29) is 16.5 Å². The quantitative estimate of drug-likeness (QED) is 0.619. The minimum atomic E-state index is -0.481. The van der Waals surface area contributed by atoms with Crippen LogP contribution in [-0.2, 0) is 4.74 Å². The fourth-order valence-electron chi connectivity index (χ4n) is 2.77. The van der Waals surface area contributed by atoms with Gasteiger partial charge in [0.1, 0.15) is 4.93 Å². The van der Waals surface area contributed by atoms with Crippen LogP contribution in [0.25, 0.3) is 0 Å². The molecule has 1 aromatic rings. The van der Waals surface area contributed by atoms with Crippen molar-refractivity contribution in [2.45, 2.75) is 17.8 Å². The number of likely N-dealkylation sites (tertiary alicyclic amines) is 1. The smallest absolute Gasteiger partial charge is 0.270 e. The summed E-state index contributed by atoms with van der Waals surface area (Å²) in [6.45, 7) is 2.05. The van der Waals surface area contributed by atoms with Gasteiger partial charge in [0.2, 0.25) is 0 Å². The van der Waals surface area contributed by atoms with E-state index < -0.39 is 4.92 Å². The minimum Gasteiger partial charge on any atom is -0.363 e. The molecular formula is C14H16N2O4S. The molecule has 0 N–H and O–H groups in total. The summed E-state index contributed by atoms with van der Waals surface area (Å²) in [5.41, 5.74) is 0.323. The lowest BCUT2D eigenvalue weighted by Crippen LogP contribution is -2.45. The van der Waals surface area contributed by atoms with Gasteiger partial charge in [-0.15, -0.1) is 11.8 Å². The molecule has 0 atom stereocenters. The van der Waals surface area contributed by atoms with Crippen molar-refractivity contribution < 1.29 is 14.5 Å². The molecule has 2 fully saturated rings. The van der Waals surface area contributed by atoms with E-state index in [1.807, 2.05) is 11.8 Å². The lowest BCUT2D eigenvalue weighted by atomic mass is 10.1. The third kappa shape index (κ3) is 2.89. The molecule has 0 aromatic heterocycles. The first-order chi connectivity index (χ1) is 10.1. The molecule has 7 heteroatoms. The fraction of sp³-hybridized carbons (Fsp3) is 0.500. The number of benzene rings is 1. The second-order valence-corrected chi connectivity index (χ2v) is 6.65. The van der Waals surface area contributed by atoms with E-state index in [4.69, 9.17) is 4.74 Å². The second kappa shape index (κ2) is 5.65. The van der Waals surface area contributed by atoms with Crippen LogP contribution in [-0.4, -0.2) is 46.1 Å². The molecule has 21 heavy (non-hydrogen) atoms. The van der Waals surface area contributed by atoms with Crippen LogP contribution in [0.2, 0.25) is 0 Å². The van der Waals surface area contributed by atoms with Crippen LogP contribution in [0.15, 0.2) is 24.3 Å². The van der Waals surface area contributed by atoms with Crippen molar-refractivity contribution in [2.24, 2.45) is 0 Å². The van der Waals surface area contributed by atoms with Crippen LogP contribution in [0.1, 0.15) is 23.2 Å². The molecule has 112 valence electrons. The lowest BCUT2D eigenvalue weighted by Gasteiger charge is -2.37. The molecule has 1 amide bonds. The van der Waals surface area contributed by atoms with Gasteiger partial charge in [0, 0.05) is 49.4 Å². The summed E-state index contributed by atoms with van der Waals surface area (Å²) in [7, 11) is 0. The highest BCUT2D eigenvalue weighted by Crippen LogP contribution is 2.41. The Morgan fingerprint density at radius 3 is 2.76 bits per heavy atom. The Balaban J connectivity index is 1.69. The van der Waals surface area contributed by atoms with Crippen molar-refractivity contribution in [3.8, 4) is 0 Å². The first-order valence-corrected chi connectivity index (χ1v) is 7.90. The van der Waals surface area contributed by atoms with E-state index in [0.717, 1.165) is 25.2 Å². The molecule has 0 bridgehead atoms. The van der Waals surface area contributed by atoms with Crippen molar-refractivity contribution in [1.82, 2.24) is 4.90 Å². The van der Waals surface area contributed by atoms with Crippen molar-refractivity contribution in [3.05, 3.63) is 39.9 Å². The molecule has 0 saturated carbocycles. The number of carbonyl (C=O) groups excluding carboxylic acids is 1. The van der Waals surface area contributed by atoms with Crippen LogP contribution in [0, 0.1) is 10.1 Å². The Hall–Kier alpha value is -1.60. The highest BCUT2D eigenvalue weighted by molar-refractivity contribution is 8.00. The maximum atomic E-state index is 12.4. The van der Waals surface area contributed by atoms with Crippen molar-refractivity contribution in [1.29, 1.82) is 0 Å². The minimum absolute atomic E-state index is 0.0518. The second-order valence-electron chi connectivity index (χ2n) is 5.21. The lowest BCUT2D eigenvalue weighted by molar-refractivity contribution is -0.384. The van der Waals surface area contributed by atoms with Gasteiger partial charge in [-0.2, -0.15) is 0 Å². The fourth-order valence-corrected chi connectivity index (χ4v) is 3.95. The monoisotopic (exact) mass is 308 g/mol. The van der Waals surface area contributed by atoms with E-state index in [9.17, 15) is 14.9 Å². The zero-order valence-corrected chi connectivity index (χ0v) is 12.3. The predicted molar refractivity (Wildman–Crippen MR) is 79.4 cm³/mol. The van der Waals surface area contributed by atoms with Crippen LogP contribution < -0.4 is 0 Å². The Bertz CT molecular complexity index is 562. The van der Waals surface area contributed by atoms with E-state index in [1.54, 1.807) is 17.0 Å². The van der Waals surface area contributed by atoms with Gasteiger partial charge in [-0.1, -0.05) is 6.07 Å². The number of hydrogen-bond acceptors (Lipinski definition) is 5. The molecular weight excluding hydrogens is 292 g/mol. The summed E-state index contributed by atoms with van der Waals surface area (Å²) >= 11 is 1.83. The summed E-state index contributed by atoms with van der Waals surface area (Å²) in [5.74, 6) is 0.871. The first-order valence-electron chi connectivity index (χ1n) is 6.91. The molecule has 2 heterocycles. The summed E-state index contributed by atoms with van der Waals surface area (Å²) < 4.78 is 5.80. The maximum Gasteiger partial charge on any atom is 0.270 e. The van der Waals surface area contributed by atoms with Gasteiger partial charge in [0.15, 0.2) is 0 Å². The Morgan fingerprint density at radius 1 is 1.38 bits per heavy atom. The number of thioether (sulfide) groups is 1. The molecule has 6 nitrogen and oxygen atoms in total. The number of hydrogen-bond donors (Lipinski definition) is 0. The molecule has 0 unspecified atom stereocenters. The largest absolute Gasteiger partial charge is 0.363 e.